The average Bonchev–Trinajstić information content (AvgIpc) is 2.35. The van der Waals surface area contributed by atoms with Gasteiger partial charge in [-0.1, -0.05) is 53.7 Å². The quantitative estimate of drug-likeness (QED) is 0.651. The summed E-state index contributed by atoms with van der Waals surface area (Å²) in [6, 6.07) is 3.83. The molecule has 0 bridgehead atoms. The maximum Gasteiger partial charge on any atom is 0.300 e. The summed E-state index contributed by atoms with van der Waals surface area (Å²) in [7, 11) is 0. The average molecular weight is 282 g/mol. The van der Waals surface area contributed by atoms with Crippen molar-refractivity contribution < 1.29 is 13.6 Å². The summed E-state index contributed by atoms with van der Waals surface area (Å²) in [6.07, 6.45) is -2.95. The van der Waals surface area contributed by atoms with Crippen LogP contribution in [0.15, 0.2) is 12.1 Å². The minimum Gasteiger partial charge on any atom is -0.288 e. The summed E-state index contributed by atoms with van der Waals surface area (Å²) in [6.45, 7) is 11.9. The second kappa shape index (κ2) is 6.47. The maximum absolute atomic E-state index is 12.9. The topological polar surface area (TPSA) is 17.1 Å². The second-order valence-electron chi connectivity index (χ2n) is 6.20. The predicted octanol–water partition coefficient (Wildman–Crippen LogP) is 5.50. The third kappa shape index (κ3) is 3.44. The van der Waals surface area contributed by atoms with E-state index in [0.29, 0.717) is 5.92 Å². The lowest BCUT2D eigenvalue weighted by Crippen LogP contribution is -2.18. The van der Waals surface area contributed by atoms with Gasteiger partial charge in [-0.05, 0) is 34.4 Å². The molecule has 1 nitrogen and oxygen atoms in total. The predicted molar refractivity (Wildman–Crippen MR) is 79.0 cm³/mol. The highest BCUT2D eigenvalue weighted by Crippen LogP contribution is 2.33. The molecule has 0 radical (unpaired) electrons. The Morgan fingerprint density at radius 3 is 1.50 bits per heavy atom. The molecule has 0 spiro atoms. The Kier molecular flexibility index (Phi) is 5.43. The van der Waals surface area contributed by atoms with E-state index in [1.165, 1.54) is 0 Å². The van der Waals surface area contributed by atoms with Crippen LogP contribution in [0.1, 0.15) is 86.3 Å². The van der Waals surface area contributed by atoms with Crippen LogP contribution in [0.3, 0.4) is 0 Å². The standard InChI is InChI=1S/C17H24F2O/c1-9(2)12-7-13(10(3)4)15(16(20)17(18)19)14(8-12)11(5)6/h7-11,17H,1-6H3. The van der Waals surface area contributed by atoms with E-state index in [0.717, 1.165) is 16.7 Å². The smallest absolute Gasteiger partial charge is 0.288 e. The molecule has 1 aromatic carbocycles. The summed E-state index contributed by atoms with van der Waals surface area (Å²) in [5, 5.41) is 0. The van der Waals surface area contributed by atoms with Crippen LogP contribution in [0.4, 0.5) is 8.78 Å². The number of Topliss-reactive ketones (excluding diaryl/α,β-unsaturated/α-hetero) is 1. The van der Waals surface area contributed by atoms with E-state index in [2.05, 4.69) is 13.8 Å². The largest absolute Gasteiger partial charge is 0.300 e. The number of hydrogen-bond donors (Lipinski definition) is 0. The van der Waals surface area contributed by atoms with E-state index < -0.39 is 12.2 Å². The first kappa shape index (κ1) is 16.8. The number of halogens is 2. The van der Waals surface area contributed by atoms with Gasteiger partial charge >= 0.3 is 6.43 Å². The van der Waals surface area contributed by atoms with Gasteiger partial charge in [0.25, 0.3) is 0 Å². The van der Waals surface area contributed by atoms with Crippen LogP contribution in [0.5, 0.6) is 0 Å². The molecule has 0 saturated heterocycles. The number of alkyl halides is 2. The maximum atomic E-state index is 12.9. The lowest BCUT2D eigenvalue weighted by Gasteiger charge is -2.21. The van der Waals surface area contributed by atoms with Crippen molar-refractivity contribution in [1.82, 2.24) is 0 Å². The Labute approximate surface area is 120 Å². The number of carbonyl (C=O) groups is 1. The minimum absolute atomic E-state index is 0.0453. The Morgan fingerprint density at radius 2 is 1.25 bits per heavy atom. The first-order chi connectivity index (χ1) is 9.16. The number of rotatable bonds is 5. The molecule has 20 heavy (non-hydrogen) atoms. The van der Waals surface area contributed by atoms with Gasteiger partial charge in [0.2, 0.25) is 5.78 Å². The molecule has 0 aliphatic rings. The highest BCUT2D eigenvalue weighted by atomic mass is 19.3. The van der Waals surface area contributed by atoms with Crippen LogP contribution in [0.25, 0.3) is 0 Å². The zero-order valence-corrected chi connectivity index (χ0v) is 13.1. The highest BCUT2D eigenvalue weighted by molar-refractivity contribution is 6.01. The SMILES string of the molecule is CC(C)c1cc(C(C)C)c(C(=O)C(F)F)c(C(C)C)c1. The van der Waals surface area contributed by atoms with Gasteiger partial charge in [-0.25, -0.2) is 8.78 Å². The molecule has 0 fully saturated rings. The van der Waals surface area contributed by atoms with E-state index >= 15 is 0 Å². The number of hydrogen-bond acceptors (Lipinski definition) is 1. The first-order valence-electron chi connectivity index (χ1n) is 7.16. The summed E-state index contributed by atoms with van der Waals surface area (Å²) in [4.78, 5) is 11.9. The fourth-order valence-electron chi connectivity index (χ4n) is 2.35. The molecule has 0 amide bonds. The van der Waals surface area contributed by atoms with Crippen molar-refractivity contribution in [2.45, 2.75) is 65.7 Å². The summed E-state index contributed by atoms with van der Waals surface area (Å²) in [5.74, 6) is -0.652. The molecule has 3 heteroatoms. The van der Waals surface area contributed by atoms with Crippen molar-refractivity contribution in [3.05, 3.63) is 34.4 Å². The molecule has 0 unspecified atom stereocenters. The van der Waals surface area contributed by atoms with Gasteiger partial charge in [-0.3, -0.25) is 4.79 Å². The van der Waals surface area contributed by atoms with E-state index in [4.69, 9.17) is 0 Å². The van der Waals surface area contributed by atoms with E-state index in [1.54, 1.807) is 0 Å². The molecular formula is C17H24F2O. The monoisotopic (exact) mass is 282 g/mol. The van der Waals surface area contributed by atoms with Gasteiger partial charge in [0.1, 0.15) is 0 Å². The number of benzene rings is 1. The van der Waals surface area contributed by atoms with Crippen molar-refractivity contribution in [2.24, 2.45) is 0 Å². The van der Waals surface area contributed by atoms with Crippen molar-refractivity contribution >= 4 is 5.78 Å². The third-order valence-corrected chi connectivity index (χ3v) is 3.58. The second-order valence-corrected chi connectivity index (χ2v) is 6.20. The van der Waals surface area contributed by atoms with Gasteiger partial charge in [-0.2, -0.15) is 0 Å². The van der Waals surface area contributed by atoms with Gasteiger partial charge in [0, 0.05) is 5.56 Å². The molecule has 0 aliphatic heterocycles. The first-order valence-corrected chi connectivity index (χ1v) is 7.16. The van der Waals surface area contributed by atoms with Crippen LogP contribution < -0.4 is 0 Å². The van der Waals surface area contributed by atoms with Crippen LogP contribution >= 0.6 is 0 Å². The van der Waals surface area contributed by atoms with Crippen LogP contribution in [-0.4, -0.2) is 12.2 Å². The fraction of sp³-hybridized carbons (Fsp3) is 0.588. The molecule has 1 rings (SSSR count). The normalized spacial score (nSPS) is 12.0. The molecule has 1 aromatic rings. The van der Waals surface area contributed by atoms with Crippen molar-refractivity contribution in [2.75, 3.05) is 0 Å². The van der Waals surface area contributed by atoms with E-state index in [9.17, 15) is 13.6 Å². The summed E-state index contributed by atoms with van der Waals surface area (Å²) in [5.41, 5.74) is 2.81. The van der Waals surface area contributed by atoms with Crippen molar-refractivity contribution in [3.8, 4) is 0 Å². The van der Waals surface area contributed by atoms with Crippen LogP contribution in [0.2, 0.25) is 0 Å². The zero-order chi connectivity index (χ0) is 15.6. The van der Waals surface area contributed by atoms with Gasteiger partial charge < -0.3 is 0 Å². The Morgan fingerprint density at radius 1 is 0.850 bits per heavy atom. The van der Waals surface area contributed by atoms with Crippen LogP contribution in [0, 0.1) is 0 Å². The van der Waals surface area contributed by atoms with Crippen molar-refractivity contribution in [3.63, 3.8) is 0 Å². The zero-order valence-electron chi connectivity index (χ0n) is 13.1. The molecule has 0 aliphatic carbocycles. The number of carbonyl (C=O) groups excluding carboxylic acids is 1. The third-order valence-electron chi connectivity index (χ3n) is 3.58. The minimum atomic E-state index is -2.95. The van der Waals surface area contributed by atoms with Crippen molar-refractivity contribution in [1.29, 1.82) is 0 Å². The highest BCUT2D eigenvalue weighted by Gasteiger charge is 2.27. The molecule has 0 saturated carbocycles. The molecule has 0 N–H and O–H groups in total. The van der Waals surface area contributed by atoms with Gasteiger partial charge in [-0.15, -0.1) is 0 Å². The summed E-state index contributed by atoms with van der Waals surface area (Å²) >= 11 is 0. The molecule has 112 valence electrons. The lowest BCUT2D eigenvalue weighted by atomic mass is 9.83. The van der Waals surface area contributed by atoms with E-state index in [1.807, 2.05) is 39.8 Å². The summed E-state index contributed by atoms with van der Waals surface area (Å²) < 4.78 is 25.8. The Balaban J connectivity index is 3.64. The fourth-order valence-corrected chi connectivity index (χ4v) is 2.35. The van der Waals surface area contributed by atoms with Crippen LogP contribution in [-0.2, 0) is 0 Å². The van der Waals surface area contributed by atoms with Gasteiger partial charge in [0.05, 0.1) is 0 Å². The van der Waals surface area contributed by atoms with Gasteiger partial charge in [0.15, 0.2) is 0 Å². The molecule has 0 aromatic heterocycles. The molecular weight excluding hydrogens is 258 g/mol. The molecule has 0 heterocycles. The van der Waals surface area contributed by atoms with E-state index in [-0.39, 0.29) is 17.4 Å². The Bertz CT molecular complexity index is 459. The molecule has 0 atom stereocenters. The Hall–Kier alpha value is -1.25. The number of ketones is 1. The lowest BCUT2D eigenvalue weighted by molar-refractivity contribution is 0.0676.